The number of nitro benzene ring substituents is 1. The van der Waals surface area contributed by atoms with Crippen LogP contribution in [0.1, 0.15) is 10.4 Å². The fraction of sp³-hybridized carbons (Fsp3) is 0. The van der Waals surface area contributed by atoms with Crippen molar-refractivity contribution in [1.82, 2.24) is 9.97 Å². The second-order valence-corrected chi connectivity index (χ2v) is 3.96. The Morgan fingerprint density at radius 2 is 2.00 bits per heavy atom. The number of benzene rings is 1. The number of nitro groups is 1. The van der Waals surface area contributed by atoms with Crippen LogP contribution in [0.25, 0.3) is 0 Å². The van der Waals surface area contributed by atoms with Gasteiger partial charge in [-0.1, -0.05) is 0 Å². The second kappa shape index (κ2) is 5.57. The maximum Gasteiger partial charge on any atom is 0.304 e. The van der Waals surface area contributed by atoms with E-state index in [1.54, 1.807) is 0 Å². The summed E-state index contributed by atoms with van der Waals surface area (Å²) in [7, 11) is 0. The van der Waals surface area contributed by atoms with Crippen molar-refractivity contribution in [3.63, 3.8) is 0 Å². The van der Waals surface area contributed by atoms with Crippen LogP contribution in [0.4, 0.5) is 15.8 Å². The third-order valence-corrected chi connectivity index (χ3v) is 2.48. The molecule has 0 bridgehead atoms. The lowest BCUT2D eigenvalue weighted by Crippen LogP contribution is -2.12. The Labute approximate surface area is 116 Å². The van der Waals surface area contributed by atoms with Crippen LogP contribution in [0.5, 0.6) is 0 Å². The summed E-state index contributed by atoms with van der Waals surface area (Å²) in [6, 6.07) is 2.85. The van der Waals surface area contributed by atoms with E-state index in [1.165, 1.54) is 12.4 Å². The summed E-state index contributed by atoms with van der Waals surface area (Å²) in [5.41, 5.74) is -0.502. The van der Waals surface area contributed by atoms with E-state index in [1.807, 2.05) is 0 Å². The van der Waals surface area contributed by atoms with Gasteiger partial charge in [-0.05, 0) is 23.7 Å². The highest BCUT2D eigenvalue weighted by molar-refractivity contribution is 6.28. The fourth-order valence-corrected chi connectivity index (χ4v) is 1.47. The minimum atomic E-state index is -1.09. The first-order chi connectivity index (χ1) is 9.47. The lowest BCUT2D eigenvalue weighted by Gasteiger charge is -2.04. The van der Waals surface area contributed by atoms with E-state index in [0.29, 0.717) is 0 Å². The van der Waals surface area contributed by atoms with E-state index in [9.17, 15) is 19.3 Å². The summed E-state index contributed by atoms with van der Waals surface area (Å²) >= 11 is 5.48. The first-order valence-corrected chi connectivity index (χ1v) is 5.58. The van der Waals surface area contributed by atoms with Crippen LogP contribution >= 0.6 is 11.6 Å². The highest BCUT2D eigenvalue weighted by atomic mass is 35.5. The topological polar surface area (TPSA) is 98.0 Å². The Hall–Kier alpha value is -2.61. The lowest BCUT2D eigenvalue weighted by atomic mass is 10.2. The number of aromatic nitrogens is 2. The predicted octanol–water partition coefficient (Wildman–Crippen LogP) is 2.43. The molecule has 0 spiro atoms. The van der Waals surface area contributed by atoms with Gasteiger partial charge in [0.05, 0.1) is 23.0 Å². The van der Waals surface area contributed by atoms with Gasteiger partial charge in [0.15, 0.2) is 0 Å². The highest BCUT2D eigenvalue weighted by Crippen LogP contribution is 2.18. The standard InChI is InChI=1S/C11H6ClFN4O3/c12-11-14-4-7(5-15-11)16-10(18)6-1-2-9(17(19)20)8(13)3-6/h1-5H,(H,16,18). The molecular weight excluding hydrogens is 291 g/mol. The molecule has 102 valence electrons. The van der Waals surface area contributed by atoms with Gasteiger partial charge < -0.3 is 5.32 Å². The van der Waals surface area contributed by atoms with E-state index in [-0.39, 0.29) is 16.5 Å². The number of hydrogen-bond donors (Lipinski definition) is 1. The molecule has 20 heavy (non-hydrogen) atoms. The maximum absolute atomic E-state index is 13.4. The molecule has 1 heterocycles. The minimum Gasteiger partial charge on any atom is -0.319 e. The average Bonchev–Trinajstić information content (AvgIpc) is 2.40. The molecule has 1 aromatic carbocycles. The molecule has 9 heteroatoms. The van der Waals surface area contributed by atoms with Crippen molar-refractivity contribution in [3.8, 4) is 0 Å². The molecule has 1 amide bonds. The zero-order valence-electron chi connectivity index (χ0n) is 9.71. The SMILES string of the molecule is O=C(Nc1cnc(Cl)nc1)c1ccc([N+](=O)[O-])c(F)c1. The molecule has 0 radical (unpaired) electrons. The summed E-state index contributed by atoms with van der Waals surface area (Å²) in [4.78, 5) is 28.7. The number of rotatable bonds is 3. The fourth-order valence-electron chi connectivity index (χ4n) is 1.38. The molecule has 0 aliphatic heterocycles. The Balaban J connectivity index is 2.19. The average molecular weight is 297 g/mol. The predicted molar refractivity (Wildman–Crippen MR) is 68.0 cm³/mol. The highest BCUT2D eigenvalue weighted by Gasteiger charge is 2.16. The number of anilines is 1. The van der Waals surface area contributed by atoms with Gasteiger partial charge in [0.1, 0.15) is 0 Å². The number of carbonyl (C=O) groups excluding carboxylic acids is 1. The summed E-state index contributed by atoms with van der Waals surface area (Å²) < 4.78 is 13.4. The zero-order chi connectivity index (χ0) is 14.7. The van der Waals surface area contributed by atoms with Gasteiger partial charge in [-0.15, -0.1) is 0 Å². The number of nitrogens with one attached hydrogen (secondary N) is 1. The molecule has 0 saturated carbocycles. The van der Waals surface area contributed by atoms with Gasteiger partial charge in [0, 0.05) is 11.6 Å². The molecule has 0 aliphatic carbocycles. The van der Waals surface area contributed by atoms with Gasteiger partial charge in [-0.3, -0.25) is 14.9 Å². The van der Waals surface area contributed by atoms with Crippen LogP contribution in [-0.4, -0.2) is 20.8 Å². The van der Waals surface area contributed by atoms with Crippen molar-refractivity contribution in [2.75, 3.05) is 5.32 Å². The normalized spacial score (nSPS) is 10.1. The van der Waals surface area contributed by atoms with Gasteiger partial charge in [0.25, 0.3) is 5.91 Å². The molecule has 1 N–H and O–H groups in total. The molecule has 2 rings (SSSR count). The monoisotopic (exact) mass is 296 g/mol. The Morgan fingerprint density at radius 3 is 2.55 bits per heavy atom. The lowest BCUT2D eigenvalue weighted by molar-refractivity contribution is -0.387. The molecule has 0 unspecified atom stereocenters. The van der Waals surface area contributed by atoms with Crippen molar-refractivity contribution in [2.45, 2.75) is 0 Å². The van der Waals surface area contributed by atoms with Gasteiger partial charge in [-0.2, -0.15) is 4.39 Å². The molecule has 0 atom stereocenters. The quantitative estimate of drug-likeness (QED) is 0.533. The molecule has 0 aliphatic rings. The molecule has 2 aromatic rings. The van der Waals surface area contributed by atoms with Crippen LogP contribution in [0.2, 0.25) is 5.28 Å². The van der Waals surface area contributed by atoms with E-state index in [0.717, 1.165) is 18.2 Å². The van der Waals surface area contributed by atoms with E-state index in [4.69, 9.17) is 11.6 Å². The van der Waals surface area contributed by atoms with Crippen molar-refractivity contribution < 1.29 is 14.1 Å². The molecule has 0 saturated heterocycles. The van der Waals surface area contributed by atoms with E-state index in [2.05, 4.69) is 15.3 Å². The van der Waals surface area contributed by atoms with Gasteiger partial charge in [0.2, 0.25) is 11.1 Å². The number of nitrogens with zero attached hydrogens (tertiary/aromatic N) is 3. The molecule has 0 fully saturated rings. The largest absolute Gasteiger partial charge is 0.319 e. The van der Waals surface area contributed by atoms with Crippen LogP contribution < -0.4 is 5.32 Å². The Bertz CT molecular complexity index is 678. The minimum absolute atomic E-state index is 0.0179. The van der Waals surface area contributed by atoms with Crippen molar-refractivity contribution in [1.29, 1.82) is 0 Å². The van der Waals surface area contributed by atoms with Crippen molar-refractivity contribution in [3.05, 3.63) is 57.4 Å². The van der Waals surface area contributed by atoms with Gasteiger partial charge >= 0.3 is 5.69 Å². The molecule has 1 aromatic heterocycles. The maximum atomic E-state index is 13.4. The summed E-state index contributed by atoms with van der Waals surface area (Å²) in [6.45, 7) is 0. The number of halogens is 2. The number of amides is 1. The van der Waals surface area contributed by atoms with E-state index < -0.39 is 22.3 Å². The zero-order valence-corrected chi connectivity index (χ0v) is 10.5. The summed E-state index contributed by atoms with van der Waals surface area (Å²) in [6.07, 6.45) is 2.55. The van der Waals surface area contributed by atoms with Gasteiger partial charge in [-0.25, -0.2) is 9.97 Å². The third-order valence-electron chi connectivity index (χ3n) is 2.28. The summed E-state index contributed by atoms with van der Waals surface area (Å²) in [5.74, 6) is -1.74. The third kappa shape index (κ3) is 3.04. The molecular formula is C11H6ClFN4O3. The van der Waals surface area contributed by atoms with Crippen molar-refractivity contribution >= 4 is 28.9 Å². The second-order valence-electron chi connectivity index (χ2n) is 3.62. The van der Waals surface area contributed by atoms with Crippen LogP contribution in [0.15, 0.2) is 30.6 Å². The Morgan fingerprint density at radius 1 is 1.35 bits per heavy atom. The number of hydrogen-bond acceptors (Lipinski definition) is 5. The van der Waals surface area contributed by atoms with Crippen LogP contribution in [-0.2, 0) is 0 Å². The first-order valence-electron chi connectivity index (χ1n) is 5.20. The smallest absolute Gasteiger partial charge is 0.304 e. The van der Waals surface area contributed by atoms with Crippen LogP contribution in [0.3, 0.4) is 0 Å². The number of carbonyl (C=O) groups is 1. The first kappa shape index (κ1) is 13.8. The Kier molecular flexibility index (Phi) is 3.85. The van der Waals surface area contributed by atoms with Crippen LogP contribution in [0, 0.1) is 15.9 Å². The van der Waals surface area contributed by atoms with Crippen molar-refractivity contribution in [2.24, 2.45) is 0 Å². The molecule has 7 nitrogen and oxygen atoms in total. The van der Waals surface area contributed by atoms with E-state index >= 15 is 0 Å². The summed E-state index contributed by atoms with van der Waals surface area (Å²) in [5, 5.41) is 12.9.